The fourth-order valence-electron chi connectivity index (χ4n) is 4.59. The van der Waals surface area contributed by atoms with Crippen molar-refractivity contribution in [2.75, 3.05) is 0 Å². The highest BCUT2D eigenvalue weighted by atomic mass is 15.1. The first-order valence-corrected chi connectivity index (χ1v) is 10.5. The highest BCUT2D eigenvalue weighted by Gasteiger charge is 2.38. The zero-order valence-corrected chi connectivity index (χ0v) is 19.0. The lowest BCUT2D eigenvalue weighted by atomic mass is 9.67. The number of hydrogen-bond acceptors (Lipinski definition) is 1. The standard InChI is InChI=1S/C24H42N2/c1-17(2)15-26-16-18(25-21(26)23(6,7)8)14-24(9,10)20-13-11-12-19(20)22(3,4)5/h13,16-17,19H,11-12,14-15H2,1-10H3. The number of hydrogen-bond donors (Lipinski definition) is 0. The van der Waals surface area contributed by atoms with Crippen molar-refractivity contribution in [1.82, 2.24) is 9.55 Å². The van der Waals surface area contributed by atoms with Crippen LogP contribution in [0.4, 0.5) is 0 Å². The minimum atomic E-state index is 0.0812. The molecule has 0 aliphatic heterocycles. The molecule has 26 heavy (non-hydrogen) atoms. The van der Waals surface area contributed by atoms with Gasteiger partial charge in [-0.25, -0.2) is 4.98 Å². The van der Waals surface area contributed by atoms with E-state index < -0.39 is 0 Å². The molecule has 2 heteroatoms. The van der Waals surface area contributed by atoms with Gasteiger partial charge in [0.25, 0.3) is 0 Å². The lowest BCUT2D eigenvalue weighted by molar-refractivity contribution is 0.237. The van der Waals surface area contributed by atoms with Crippen molar-refractivity contribution in [3.05, 3.63) is 29.4 Å². The van der Waals surface area contributed by atoms with E-state index >= 15 is 0 Å². The van der Waals surface area contributed by atoms with E-state index in [1.165, 1.54) is 24.4 Å². The zero-order valence-electron chi connectivity index (χ0n) is 19.0. The molecule has 1 atom stereocenters. The summed E-state index contributed by atoms with van der Waals surface area (Å²) in [6.45, 7) is 24.4. The van der Waals surface area contributed by atoms with E-state index in [4.69, 9.17) is 4.98 Å². The minimum absolute atomic E-state index is 0.0812. The van der Waals surface area contributed by atoms with E-state index in [9.17, 15) is 0 Å². The van der Waals surface area contributed by atoms with E-state index in [0.29, 0.717) is 17.3 Å². The van der Waals surface area contributed by atoms with E-state index in [-0.39, 0.29) is 10.8 Å². The van der Waals surface area contributed by atoms with E-state index in [1.807, 2.05) is 0 Å². The second-order valence-corrected chi connectivity index (χ2v) is 11.6. The summed E-state index contributed by atoms with van der Waals surface area (Å²) < 4.78 is 2.40. The van der Waals surface area contributed by atoms with Crippen LogP contribution in [0.2, 0.25) is 0 Å². The van der Waals surface area contributed by atoms with Gasteiger partial charge in [-0.1, -0.05) is 80.9 Å². The summed E-state index contributed by atoms with van der Waals surface area (Å²) in [7, 11) is 0. The molecule has 1 aromatic heterocycles. The fourth-order valence-corrected chi connectivity index (χ4v) is 4.59. The summed E-state index contributed by atoms with van der Waals surface area (Å²) in [6, 6.07) is 0. The van der Waals surface area contributed by atoms with Crippen molar-refractivity contribution in [3.63, 3.8) is 0 Å². The Morgan fingerprint density at radius 1 is 1.08 bits per heavy atom. The Morgan fingerprint density at radius 3 is 2.19 bits per heavy atom. The molecule has 0 saturated carbocycles. The maximum Gasteiger partial charge on any atom is 0.114 e. The second kappa shape index (κ2) is 7.17. The smallest absolute Gasteiger partial charge is 0.114 e. The third-order valence-corrected chi connectivity index (χ3v) is 5.70. The Labute approximate surface area is 162 Å². The van der Waals surface area contributed by atoms with Crippen molar-refractivity contribution in [2.24, 2.45) is 22.7 Å². The quantitative estimate of drug-likeness (QED) is 0.530. The molecule has 0 amide bonds. The Balaban J connectivity index is 2.31. The number of rotatable bonds is 5. The minimum Gasteiger partial charge on any atom is -0.334 e. The first-order valence-electron chi connectivity index (χ1n) is 10.5. The maximum absolute atomic E-state index is 5.11. The molecular weight excluding hydrogens is 316 g/mol. The molecule has 0 aromatic carbocycles. The molecule has 0 saturated heterocycles. The van der Waals surface area contributed by atoms with Crippen molar-refractivity contribution in [2.45, 2.75) is 100 Å². The van der Waals surface area contributed by atoms with E-state index in [2.05, 4.69) is 86.1 Å². The van der Waals surface area contributed by atoms with Crippen LogP contribution >= 0.6 is 0 Å². The van der Waals surface area contributed by atoms with Crippen LogP contribution in [0, 0.1) is 22.7 Å². The van der Waals surface area contributed by atoms with Gasteiger partial charge >= 0.3 is 0 Å². The number of aromatic nitrogens is 2. The maximum atomic E-state index is 5.11. The molecule has 1 heterocycles. The Morgan fingerprint density at radius 2 is 1.69 bits per heavy atom. The zero-order chi connectivity index (χ0) is 19.9. The van der Waals surface area contributed by atoms with Crippen molar-refractivity contribution in [3.8, 4) is 0 Å². The third-order valence-electron chi connectivity index (χ3n) is 5.70. The molecule has 1 aliphatic rings. The van der Waals surface area contributed by atoms with Gasteiger partial charge in [-0.15, -0.1) is 0 Å². The third kappa shape index (κ3) is 4.81. The van der Waals surface area contributed by atoms with Gasteiger partial charge in [0.05, 0.1) is 5.69 Å². The SMILES string of the molecule is CC(C)Cn1cc(CC(C)(C)C2=CCCC2C(C)(C)C)nc1C(C)(C)C. The largest absolute Gasteiger partial charge is 0.334 e. The molecule has 2 nitrogen and oxygen atoms in total. The van der Waals surface area contributed by atoms with Crippen molar-refractivity contribution >= 4 is 0 Å². The van der Waals surface area contributed by atoms with Gasteiger partial charge in [0.2, 0.25) is 0 Å². The fraction of sp³-hybridized carbons (Fsp3) is 0.792. The molecule has 1 aromatic rings. The summed E-state index contributed by atoms with van der Waals surface area (Å²) in [6.07, 6.45) is 8.41. The Bertz CT molecular complexity index is 645. The normalized spacial score (nSPS) is 19.3. The number of nitrogens with zero attached hydrogens (tertiary/aromatic N) is 2. The van der Waals surface area contributed by atoms with Crippen LogP contribution in [-0.4, -0.2) is 9.55 Å². The average molecular weight is 359 g/mol. The molecule has 0 spiro atoms. The molecule has 2 rings (SSSR count). The van der Waals surface area contributed by atoms with Crippen LogP contribution in [0.25, 0.3) is 0 Å². The van der Waals surface area contributed by atoms with Gasteiger partial charge in [-0.05, 0) is 35.5 Å². The highest BCUT2D eigenvalue weighted by molar-refractivity contribution is 5.25. The average Bonchev–Trinajstić information content (AvgIpc) is 3.03. The van der Waals surface area contributed by atoms with Crippen LogP contribution in [0.3, 0.4) is 0 Å². The van der Waals surface area contributed by atoms with Gasteiger partial charge in [0.15, 0.2) is 0 Å². The molecular formula is C24H42N2. The molecule has 148 valence electrons. The first-order chi connectivity index (χ1) is 11.7. The van der Waals surface area contributed by atoms with Crippen LogP contribution in [-0.2, 0) is 18.4 Å². The van der Waals surface area contributed by atoms with Gasteiger partial charge in [0, 0.05) is 24.6 Å². The van der Waals surface area contributed by atoms with Gasteiger partial charge in [-0.3, -0.25) is 0 Å². The molecule has 0 radical (unpaired) electrons. The monoisotopic (exact) mass is 358 g/mol. The number of imidazole rings is 1. The summed E-state index contributed by atoms with van der Waals surface area (Å²) in [5.74, 6) is 2.55. The van der Waals surface area contributed by atoms with Crippen LogP contribution in [0.5, 0.6) is 0 Å². The lowest BCUT2D eigenvalue weighted by Crippen LogP contribution is -2.29. The van der Waals surface area contributed by atoms with Crippen LogP contribution in [0.1, 0.15) is 93.6 Å². The second-order valence-electron chi connectivity index (χ2n) is 11.6. The summed E-state index contributed by atoms with van der Waals surface area (Å²) in [5, 5.41) is 0. The predicted octanol–water partition coefficient (Wildman–Crippen LogP) is 6.79. The molecule has 1 aliphatic carbocycles. The van der Waals surface area contributed by atoms with Crippen LogP contribution < -0.4 is 0 Å². The first kappa shape index (κ1) is 21.3. The predicted molar refractivity (Wildman–Crippen MR) is 114 cm³/mol. The summed E-state index contributed by atoms with van der Waals surface area (Å²) >= 11 is 0. The molecule has 0 N–H and O–H groups in total. The molecule has 1 unspecified atom stereocenters. The molecule has 0 bridgehead atoms. The molecule has 0 fully saturated rings. The van der Waals surface area contributed by atoms with Gasteiger partial charge < -0.3 is 4.57 Å². The van der Waals surface area contributed by atoms with Crippen molar-refractivity contribution in [1.29, 1.82) is 0 Å². The van der Waals surface area contributed by atoms with E-state index in [1.54, 1.807) is 5.57 Å². The Kier molecular flexibility index (Phi) is 5.86. The Hall–Kier alpha value is -1.05. The summed E-state index contributed by atoms with van der Waals surface area (Å²) in [4.78, 5) is 5.11. The number of allylic oxidation sites excluding steroid dienone is 2. The topological polar surface area (TPSA) is 17.8 Å². The highest BCUT2D eigenvalue weighted by Crippen LogP contribution is 2.48. The van der Waals surface area contributed by atoms with Gasteiger partial charge in [-0.2, -0.15) is 0 Å². The van der Waals surface area contributed by atoms with Crippen LogP contribution in [0.15, 0.2) is 17.8 Å². The van der Waals surface area contributed by atoms with E-state index in [0.717, 1.165) is 13.0 Å². The summed E-state index contributed by atoms with van der Waals surface area (Å²) in [5.41, 5.74) is 3.49. The lowest BCUT2D eigenvalue weighted by Gasteiger charge is -2.37. The van der Waals surface area contributed by atoms with Crippen molar-refractivity contribution < 1.29 is 0 Å². The van der Waals surface area contributed by atoms with Gasteiger partial charge in [0.1, 0.15) is 5.82 Å².